The highest BCUT2D eigenvalue weighted by atomic mass is 19.1. The van der Waals surface area contributed by atoms with Crippen LogP contribution in [-0.4, -0.2) is 4.98 Å². The number of benzene rings is 2. The molecular formula is C16H13FN2O. The molecule has 2 aromatic carbocycles. The highest BCUT2D eigenvalue weighted by Gasteiger charge is 2.08. The summed E-state index contributed by atoms with van der Waals surface area (Å²) < 4.78 is 19.1. The average Bonchev–Trinajstić information content (AvgIpc) is 2.49. The van der Waals surface area contributed by atoms with E-state index >= 15 is 0 Å². The summed E-state index contributed by atoms with van der Waals surface area (Å²) in [6, 6.07) is 15.6. The number of halogens is 1. The van der Waals surface area contributed by atoms with E-state index in [-0.39, 0.29) is 5.75 Å². The molecule has 4 heteroatoms. The largest absolute Gasteiger partial charge is 0.436 e. The minimum Gasteiger partial charge on any atom is -0.436 e. The van der Waals surface area contributed by atoms with E-state index in [1.807, 2.05) is 24.3 Å². The summed E-state index contributed by atoms with van der Waals surface area (Å²) in [5.41, 5.74) is 7.45. The lowest BCUT2D eigenvalue weighted by Crippen LogP contribution is -2.00. The van der Waals surface area contributed by atoms with Crippen LogP contribution in [0.1, 0.15) is 5.56 Å². The van der Waals surface area contributed by atoms with E-state index in [2.05, 4.69) is 4.98 Å². The number of fused-ring (bicyclic) bond motifs is 1. The Morgan fingerprint density at radius 2 is 1.80 bits per heavy atom. The number of ether oxygens (including phenoxy) is 1. The third-order valence-electron chi connectivity index (χ3n) is 3.05. The molecule has 0 saturated carbocycles. The second-order valence-electron chi connectivity index (χ2n) is 4.37. The monoisotopic (exact) mass is 268 g/mol. The van der Waals surface area contributed by atoms with Crippen molar-refractivity contribution in [2.24, 2.45) is 5.73 Å². The molecule has 3 nitrogen and oxygen atoms in total. The fourth-order valence-electron chi connectivity index (χ4n) is 2.08. The molecule has 0 radical (unpaired) electrons. The number of nitrogens with two attached hydrogens (primary N) is 1. The van der Waals surface area contributed by atoms with Crippen molar-refractivity contribution < 1.29 is 9.13 Å². The van der Waals surface area contributed by atoms with E-state index in [0.29, 0.717) is 12.4 Å². The van der Waals surface area contributed by atoms with Crippen molar-refractivity contribution in [2.75, 3.05) is 0 Å². The van der Waals surface area contributed by atoms with Crippen molar-refractivity contribution in [1.82, 2.24) is 4.98 Å². The molecule has 3 rings (SSSR count). The highest BCUT2D eigenvalue weighted by Crippen LogP contribution is 2.26. The lowest BCUT2D eigenvalue weighted by molar-refractivity contribution is 0.428. The van der Waals surface area contributed by atoms with Gasteiger partial charge in [0.05, 0.1) is 5.52 Å². The zero-order valence-electron chi connectivity index (χ0n) is 10.7. The Hall–Kier alpha value is -2.46. The molecule has 0 aliphatic rings. The van der Waals surface area contributed by atoms with Crippen LogP contribution in [0.3, 0.4) is 0 Å². The van der Waals surface area contributed by atoms with Gasteiger partial charge in [0.2, 0.25) is 5.88 Å². The summed E-state index contributed by atoms with van der Waals surface area (Å²) in [6.07, 6.45) is 0. The highest BCUT2D eigenvalue weighted by molar-refractivity contribution is 5.82. The number of hydrogen-bond donors (Lipinski definition) is 1. The zero-order valence-corrected chi connectivity index (χ0v) is 10.7. The Labute approximate surface area is 115 Å². The molecule has 0 saturated heterocycles. The van der Waals surface area contributed by atoms with Gasteiger partial charge in [-0.05, 0) is 23.8 Å². The Morgan fingerprint density at radius 1 is 1.05 bits per heavy atom. The van der Waals surface area contributed by atoms with E-state index < -0.39 is 5.82 Å². The van der Waals surface area contributed by atoms with Gasteiger partial charge in [0, 0.05) is 18.0 Å². The van der Waals surface area contributed by atoms with Gasteiger partial charge in [0.15, 0.2) is 11.6 Å². The van der Waals surface area contributed by atoms with Crippen molar-refractivity contribution in [3.63, 3.8) is 0 Å². The summed E-state index contributed by atoms with van der Waals surface area (Å²) in [7, 11) is 0. The van der Waals surface area contributed by atoms with Gasteiger partial charge in [0.25, 0.3) is 0 Å². The molecule has 0 atom stereocenters. The summed E-state index contributed by atoms with van der Waals surface area (Å²) in [5, 5.41) is 0.982. The number of rotatable bonds is 3. The van der Waals surface area contributed by atoms with Crippen LogP contribution in [0.5, 0.6) is 11.6 Å². The van der Waals surface area contributed by atoms with Crippen molar-refractivity contribution >= 4 is 10.9 Å². The molecule has 0 bridgehead atoms. The molecule has 0 spiro atoms. The molecule has 0 aliphatic heterocycles. The normalized spacial score (nSPS) is 10.7. The molecule has 0 amide bonds. The van der Waals surface area contributed by atoms with Gasteiger partial charge in [-0.1, -0.05) is 30.3 Å². The average molecular weight is 268 g/mol. The summed E-state index contributed by atoms with van der Waals surface area (Å²) in [6.45, 7) is 0.372. The molecule has 100 valence electrons. The standard InChI is InChI=1S/C16H13FN2O/c17-13-6-2-4-8-15(13)20-16-9-11(10-18)12-5-1-3-7-14(12)19-16/h1-9H,10,18H2. The second-order valence-corrected chi connectivity index (χ2v) is 4.37. The van der Waals surface area contributed by atoms with Crippen LogP contribution in [-0.2, 0) is 6.54 Å². The van der Waals surface area contributed by atoms with Crippen LogP contribution in [0, 0.1) is 5.82 Å². The van der Waals surface area contributed by atoms with Gasteiger partial charge in [-0.15, -0.1) is 0 Å². The second kappa shape index (κ2) is 5.27. The van der Waals surface area contributed by atoms with E-state index in [4.69, 9.17) is 10.5 Å². The number of nitrogens with zero attached hydrogens (tertiary/aromatic N) is 1. The first-order valence-electron chi connectivity index (χ1n) is 6.29. The number of pyridine rings is 1. The number of hydrogen-bond acceptors (Lipinski definition) is 3. The van der Waals surface area contributed by atoms with Gasteiger partial charge in [-0.25, -0.2) is 9.37 Å². The quantitative estimate of drug-likeness (QED) is 0.789. The van der Waals surface area contributed by atoms with Crippen LogP contribution < -0.4 is 10.5 Å². The minimum absolute atomic E-state index is 0.151. The fraction of sp³-hybridized carbons (Fsp3) is 0.0625. The first kappa shape index (κ1) is 12.6. The first-order valence-corrected chi connectivity index (χ1v) is 6.29. The molecular weight excluding hydrogens is 255 g/mol. The van der Waals surface area contributed by atoms with Gasteiger partial charge < -0.3 is 10.5 Å². The minimum atomic E-state index is -0.420. The van der Waals surface area contributed by atoms with Crippen LogP contribution in [0.4, 0.5) is 4.39 Å². The Balaban J connectivity index is 2.06. The summed E-state index contributed by atoms with van der Waals surface area (Å²) in [5.74, 6) is 0.0734. The van der Waals surface area contributed by atoms with Gasteiger partial charge in [-0.2, -0.15) is 0 Å². The Morgan fingerprint density at radius 3 is 2.60 bits per heavy atom. The van der Waals surface area contributed by atoms with Crippen molar-refractivity contribution in [3.8, 4) is 11.6 Å². The number of aromatic nitrogens is 1. The molecule has 0 aliphatic carbocycles. The molecule has 2 N–H and O–H groups in total. The maximum Gasteiger partial charge on any atom is 0.220 e. The van der Waals surface area contributed by atoms with Crippen LogP contribution in [0.25, 0.3) is 10.9 Å². The molecule has 0 fully saturated rings. The van der Waals surface area contributed by atoms with E-state index in [1.54, 1.807) is 24.3 Å². The molecule has 3 aromatic rings. The predicted molar refractivity (Wildman–Crippen MR) is 76.1 cm³/mol. The van der Waals surface area contributed by atoms with Crippen LogP contribution >= 0.6 is 0 Å². The topological polar surface area (TPSA) is 48.1 Å². The maximum atomic E-state index is 13.6. The fourth-order valence-corrected chi connectivity index (χ4v) is 2.08. The van der Waals surface area contributed by atoms with E-state index in [9.17, 15) is 4.39 Å². The molecule has 1 heterocycles. The Bertz CT molecular complexity index is 758. The number of para-hydroxylation sites is 2. The molecule has 1 aromatic heterocycles. The summed E-state index contributed by atoms with van der Waals surface area (Å²) in [4.78, 5) is 4.38. The van der Waals surface area contributed by atoms with Crippen molar-refractivity contribution in [1.29, 1.82) is 0 Å². The first-order chi connectivity index (χ1) is 9.78. The lowest BCUT2D eigenvalue weighted by Gasteiger charge is -2.09. The third-order valence-corrected chi connectivity index (χ3v) is 3.05. The van der Waals surface area contributed by atoms with Crippen molar-refractivity contribution in [2.45, 2.75) is 6.54 Å². The van der Waals surface area contributed by atoms with Gasteiger partial charge >= 0.3 is 0 Å². The predicted octanol–water partition coefficient (Wildman–Crippen LogP) is 3.62. The SMILES string of the molecule is NCc1cc(Oc2ccccc2F)nc2ccccc12. The Kier molecular flexibility index (Phi) is 3.31. The van der Waals surface area contributed by atoms with Crippen LogP contribution in [0.2, 0.25) is 0 Å². The van der Waals surface area contributed by atoms with E-state index in [0.717, 1.165) is 16.5 Å². The molecule has 0 unspecified atom stereocenters. The van der Waals surface area contributed by atoms with Gasteiger partial charge in [-0.3, -0.25) is 0 Å². The van der Waals surface area contributed by atoms with E-state index in [1.165, 1.54) is 6.07 Å². The van der Waals surface area contributed by atoms with Gasteiger partial charge in [0.1, 0.15) is 0 Å². The van der Waals surface area contributed by atoms with Crippen molar-refractivity contribution in [3.05, 3.63) is 66.0 Å². The zero-order chi connectivity index (χ0) is 13.9. The summed E-state index contributed by atoms with van der Waals surface area (Å²) >= 11 is 0. The maximum absolute atomic E-state index is 13.6. The van der Waals surface area contributed by atoms with Crippen LogP contribution in [0.15, 0.2) is 54.6 Å². The lowest BCUT2D eigenvalue weighted by atomic mass is 10.1. The molecule has 20 heavy (non-hydrogen) atoms. The third kappa shape index (κ3) is 2.33. The smallest absolute Gasteiger partial charge is 0.220 e.